The van der Waals surface area contributed by atoms with Crippen molar-refractivity contribution in [3.05, 3.63) is 89.5 Å². The quantitative estimate of drug-likeness (QED) is 0.744. The topological polar surface area (TPSA) is 84.0 Å². The van der Waals surface area contributed by atoms with E-state index in [1.165, 1.54) is 12.3 Å². The molecule has 2 heterocycles. The van der Waals surface area contributed by atoms with Crippen LogP contribution in [0.2, 0.25) is 0 Å². The maximum absolute atomic E-state index is 12.4. The van der Waals surface area contributed by atoms with Crippen LogP contribution >= 0.6 is 0 Å². The minimum Gasteiger partial charge on any atom is -0.347 e. The molecule has 2 aromatic heterocycles. The Morgan fingerprint density at radius 3 is 2.54 bits per heavy atom. The molecule has 0 aliphatic carbocycles. The molecule has 1 aromatic carbocycles. The second-order valence-corrected chi connectivity index (χ2v) is 5.79. The minimum absolute atomic E-state index is 0.191. The first-order chi connectivity index (χ1) is 12.6. The number of hydrogen-bond acceptors (Lipinski definition) is 4. The summed E-state index contributed by atoms with van der Waals surface area (Å²) in [5.41, 5.74) is 3.25. The Morgan fingerprint density at radius 1 is 0.962 bits per heavy atom. The molecule has 0 atom stereocenters. The summed E-state index contributed by atoms with van der Waals surface area (Å²) in [6.45, 7) is 2.32. The number of carbonyl (C=O) groups excluding carboxylic acids is 2. The highest BCUT2D eigenvalue weighted by Crippen LogP contribution is 2.12. The Labute approximate surface area is 151 Å². The first-order valence-electron chi connectivity index (χ1n) is 8.13. The van der Waals surface area contributed by atoms with Gasteiger partial charge in [-0.1, -0.05) is 12.1 Å². The number of aryl methyl sites for hydroxylation is 1. The Hall–Kier alpha value is -3.54. The van der Waals surface area contributed by atoms with Crippen LogP contribution in [-0.2, 0) is 6.54 Å². The van der Waals surface area contributed by atoms with Crippen molar-refractivity contribution in [1.82, 2.24) is 15.3 Å². The fourth-order valence-electron chi connectivity index (χ4n) is 2.40. The van der Waals surface area contributed by atoms with Crippen molar-refractivity contribution in [2.24, 2.45) is 0 Å². The summed E-state index contributed by atoms with van der Waals surface area (Å²) >= 11 is 0. The SMILES string of the molecule is Cc1cccc(NC(=O)c2ccnc(C(=O)NCc3ccncc3)c2)c1. The minimum atomic E-state index is -0.341. The molecule has 0 aliphatic heterocycles. The first kappa shape index (κ1) is 17.3. The third kappa shape index (κ3) is 4.51. The number of amides is 2. The van der Waals surface area contributed by atoms with Crippen LogP contribution in [0.4, 0.5) is 5.69 Å². The number of anilines is 1. The van der Waals surface area contributed by atoms with Crippen molar-refractivity contribution in [2.75, 3.05) is 5.32 Å². The predicted octanol–water partition coefficient (Wildman–Crippen LogP) is 2.97. The van der Waals surface area contributed by atoms with Gasteiger partial charge in [-0.25, -0.2) is 0 Å². The van der Waals surface area contributed by atoms with Crippen molar-refractivity contribution in [1.29, 1.82) is 0 Å². The lowest BCUT2D eigenvalue weighted by Crippen LogP contribution is -2.24. The molecule has 0 saturated carbocycles. The van der Waals surface area contributed by atoms with Gasteiger partial charge in [0.15, 0.2) is 0 Å². The highest BCUT2D eigenvalue weighted by molar-refractivity contribution is 6.05. The van der Waals surface area contributed by atoms with Crippen molar-refractivity contribution >= 4 is 17.5 Å². The Kier molecular flexibility index (Phi) is 5.34. The molecule has 130 valence electrons. The van der Waals surface area contributed by atoms with Crippen molar-refractivity contribution < 1.29 is 9.59 Å². The number of aromatic nitrogens is 2. The van der Waals surface area contributed by atoms with E-state index in [4.69, 9.17) is 0 Å². The molecule has 0 aliphatic rings. The number of carbonyl (C=O) groups is 2. The van der Waals surface area contributed by atoms with Gasteiger partial charge in [0.1, 0.15) is 5.69 Å². The zero-order valence-corrected chi connectivity index (χ0v) is 14.3. The average Bonchev–Trinajstić information content (AvgIpc) is 2.67. The van der Waals surface area contributed by atoms with Crippen LogP contribution in [-0.4, -0.2) is 21.8 Å². The molecule has 0 radical (unpaired) electrons. The van der Waals surface area contributed by atoms with E-state index >= 15 is 0 Å². The normalized spacial score (nSPS) is 10.2. The number of rotatable bonds is 5. The molecular weight excluding hydrogens is 328 g/mol. The fourth-order valence-corrected chi connectivity index (χ4v) is 2.40. The zero-order chi connectivity index (χ0) is 18.4. The summed E-state index contributed by atoms with van der Waals surface area (Å²) in [5.74, 6) is -0.631. The highest BCUT2D eigenvalue weighted by atomic mass is 16.2. The Balaban J connectivity index is 1.67. The van der Waals surface area contributed by atoms with Crippen LogP contribution in [0.25, 0.3) is 0 Å². The van der Waals surface area contributed by atoms with E-state index in [1.807, 2.05) is 43.3 Å². The van der Waals surface area contributed by atoms with Crippen LogP contribution in [0.5, 0.6) is 0 Å². The molecule has 6 heteroatoms. The second kappa shape index (κ2) is 8.02. The first-order valence-corrected chi connectivity index (χ1v) is 8.13. The standard InChI is InChI=1S/C20H18N4O2/c1-14-3-2-4-17(11-14)24-19(25)16-7-10-22-18(12-16)20(26)23-13-15-5-8-21-9-6-15/h2-12H,13H2,1H3,(H,23,26)(H,24,25). The number of pyridine rings is 2. The number of nitrogens with one attached hydrogen (secondary N) is 2. The van der Waals surface area contributed by atoms with Gasteiger partial charge in [-0.2, -0.15) is 0 Å². The van der Waals surface area contributed by atoms with Gasteiger partial charge in [-0.05, 0) is 54.4 Å². The van der Waals surface area contributed by atoms with Gasteiger partial charge < -0.3 is 10.6 Å². The molecule has 2 amide bonds. The van der Waals surface area contributed by atoms with Gasteiger partial charge in [0.25, 0.3) is 11.8 Å². The van der Waals surface area contributed by atoms with E-state index in [9.17, 15) is 9.59 Å². The Bertz CT molecular complexity index is 926. The maximum atomic E-state index is 12.4. The summed E-state index contributed by atoms with van der Waals surface area (Å²) in [6, 6.07) is 14.2. The fraction of sp³-hybridized carbons (Fsp3) is 0.100. The lowest BCUT2D eigenvalue weighted by Gasteiger charge is -2.08. The number of hydrogen-bond donors (Lipinski definition) is 2. The van der Waals surface area contributed by atoms with E-state index in [1.54, 1.807) is 18.5 Å². The summed E-state index contributed by atoms with van der Waals surface area (Å²) in [4.78, 5) is 32.7. The molecule has 6 nitrogen and oxygen atoms in total. The van der Waals surface area contributed by atoms with Gasteiger partial charge >= 0.3 is 0 Å². The monoisotopic (exact) mass is 346 g/mol. The van der Waals surface area contributed by atoms with Crippen LogP contribution in [0.3, 0.4) is 0 Å². The molecule has 3 rings (SSSR count). The molecule has 0 fully saturated rings. The molecular formula is C20H18N4O2. The van der Waals surface area contributed by atoms with Crippen LogP contribution < -0.4 is 10.6 Å². The summed E-state index contributed by atoms with van der Waals surface area (Å²) < 4.78 is 0. The molecule has 0 bridgehead atoms. The largest absolute Gasteiger partial charge is 0.347 e. The highest BCUT2D eigenvalue weighted by Gasteiger charge is 2.12. The summed E-state index contributed by atoms with van der Waals surface area (Å²) in [7, 11) is 0. The van der Waals surface area contributed by atoms with E-state index in [0.29, 0.717) is 17.8 Å². The smallest absolute Gasteiger partial charge is 0.270 e. The van der Waals surface area contributed by atoms with Gasteiger partial charge in [0.05, 0.1) is 0 Å². The van der Waals surface area contributed by atoms with Crippen molar-refractivity contribution in [3.8, 4) is 0 Å². The van der Waals surface area contributed by atoms with E-state index in [0.717, 1.165) is 11.1 Å². The molecule has 0 unspecified atom stereocenters. The second-order valence-electron chi connectivity index (χ2n) is 5.79. The third-order valence-corrected chi connectivity index (χ3v) is 3.73. The van der Waals surface area contributed by atoms with E-state index in [-0.39, 0.29) is 17.5 Å². The lowest BCUT2D eigenvalue weighted by atomic mass is 10.2. The lowest BCUT2D eigenvalue weighted by molar-refractivity contribution is 0.0946. The van der Waals surface area contributed by atoms with Crippen LogP contribution in [0.1, 0.15) is 32.0 Å². The summed E-state index contributed by atoms with van der Waals surface area (Å²) in [5, 5.41) is 5.60. The number of nitrogens with zero attached hydrogens (tertiary/aromatic N) is 2. The summed E-state index contributed by atoms with van der Waals surface area (Å²) in [6.07, 6.45) is 4.78. The molecule has 0 saturated heterocycles. The molecule has 26 heavy (non-hydrogen) atoms. The van der Waals surface area contributed by atoms with E-state index in [2.05, 4.69) is 20.6 Å². The van der Waals surface area contributed by atoms with Gasteiger partial charge in [-0.3, -0.25) is 19.6 Å². The molecule has 3 aromatic rings. The number of benzene rings is 1. The Morgan fingerprint density at radius 2 is 1.77 bits per heavy atom. The predicted molar refractivity (Wildman–Crippen MR) is 98.8 cm³/mol. The zero-order valence-electron chi connectivity index (χ0n) is 14.3. The van der Waals surface area contributed by atoms with Gasteiger partial charge in [-0.15, -0.1) is 0 Å². The van der Waals surface area contributed by atoms with Gasteiger partial charge in [0.2, 0.25) is 0 Å². The van der Waals surface area contributed by atoms with Crippen LogP contribution in [0.15, 0.2) is 67.1 Å². The molecule has 0 spiro atoms. The van der Waals surface area contributed by atoms with Crippen LogP contribution in [0, 0.1) is 6.92 Å². The average molecular weight is 346 g/mol. The molecule has 2 N–H and O–H groups in total. The van der Waals surface area contributed by atoms with E-state index < -0.39 is 0 Å². The maximum Gasteiger partial charge on any atom is 0.270 e. The van der Waals surface area contributed by atoms with Crippen molar-refractivity contribution in [2.45, 2.75) is 13.5 Å². The third-order valence-electron chi connectivity index (χ3n) is 3.73. The van der Waals surface area contributed by atoms with Gasteiger partial charge in [0, 0.05) is 36.4 Å². The van der Waals surface area contributed by atoms with Crippen molar-refractivity contribution in [3.63, 3.8) is 0 Å².